The number of methoxy groups -OCH3 is 2. The molecule has 2 amide bonds. The monoisotopic (exact) mass is 1870 g/mol. The summed E-state index contributed by atoms with van der Waals surface area (Å²) < 4.78 is 36.6. The van der Waals surface area contributed by atoms with Crippen LogP contribution in [0.2, 0.25) is 5.02 Å². The number of carbonyl (C=O) groups excluding carboxylic acids is 2. The molecule has 16 N–H and O–H groups in total. The quantitative estimate of drug-likeness (QED) is 0.0253. The molecule has 138 heavy (non-hydrogen) atoms. The van der Waals surface area contributed by atoms with Gasteiger partial charge in [0.15, 0.2) is 0 Å². The zero-order valence-corrected chi connectivity index (χ0v) is 77.4. The number of nitrogens with one attached hydrogen (secondary N) is 12. The van der Waals surface area contributed by atoms with Crippen LogP contribution in [0.25, 0.3) is 110 Å². The molecule has 0 spiro atoms. The second kappa shape index (κ2) is 40.5. The maximum atomic E-state index is 12.0. The van der Waals surface area contributed by atoms with Crippen molar-refractivity contribution in [3.05, 3.63) is 222 Å². The molecular formula is C103H103ClN22O12. The van der Waals surface area contributed by atoms with Crippen LogP contribution in [-0.4, -0.2) is 165 Å². The fraction of sp³-hybridized carbons (Fsp3) is 0.262. The van der Waals surface area contributed by atoms with Crippen molar-refractivity contribution < 1.29 is 58.4 Å². The van der Waals surface area contributed by atoms with E-state index in [4.69, 9.17) is 74.9 Å². The van der Waals surface area contributed by atoms with Gasteiger partial charge in [0.25, 0.3) is 11.8 Å². The zero-order chi connectivity index (χ0) is 95.0. The van der Waals surface area contributed by atoms with Crippen molar-refractivity contribution >= 4 is 136 Å². The Labute approximate surface area is 796 Å². The summed E-state index contributed by atoms with van der Waals surface area (Å²) in [4.78, 5) is 75.0. The summed E-state index contributed by atoms with van der Waals surface area (Å²) in [5, 5.41) is 76.8. The molecule has 4 saturated carbocycles. The number of H-pyrrole nitrogens is 6. The summed E-state index contributed by atoms with van der Waals surface area (Å²) in [6.45, 7) is 4.08. The number of phenolic OH excluding ortho intramolecular Hbond substituents is 3. The van der Waals surface area contributed by atoms with Gasteiger partial charge in [-0.05, 0) is 253 Å². The summed E-state index contributed by atoms with van der Waals surface area (Å²) >= 11 is 6.17. The molecule has 18 aromatic rings. The van der Waals surface area contributed by atoms with E-state index in [0.717, 1.165) is 193 Å². The molecule has 4 aliphatic rings. The molecule has 4 aliphatic carbocycles. The summed E-state index contributed by atoms with van der Waals surface area (Å²) in [6, 6.07) is 45.3. The first-order valence-electron chi connectivity index (χ1n) is 46.1. The second-order valence-electron chi connectivity index (χ2n) is 34.5. The maximum absolute atomic E-state index is 12.0. The van der Waals surface area contributed by atoms with Crippen molar-refractivity contribution in [2.45, 2.75) is 148 Å². The number of hydrogen-bond donors (Lipinski definition) is 16. The van der Waals surface area contributed by atoms with Gasteiger partial charge in [0.2, 0.25) is 47.3 Å². The predicted molar refractivity (Wildman–Crippen MR) is 532 cm³/mol. The van der Waals surface area contributed by atoms with E-state index in [-0.39, 0.29) is 65.1 Å². The van der Waals surface area contributed by atoms with Crippen molar-refractivity contribution in [3.63, 3.8) is 0 Å². The third-order valence-corrected chi connectivity index (χ3v) is 25.7. The van der Waals surface area contributed by atoms with Crippen LogP contribution in [0.3, 0.4) is 0 Å². The third-order valence-electron chi connectivity index (χ3n) is 25.4. The number of aryl methyl sites for hydroxylation is 2. The minimum absolute atomic E-state index is 0.00406. The predicted octanol–water partition coefficient (Wildman–Crippen LogP) is 21.1. The average Bonchev–Trinajstić information content (AvgIpc) is 1.63. The van der Waals surface area contributed by atoms with Gasteiger partial charge in [0.05, 0.1) is 82.2 Å². The van der Waals surface area contributed by atoms with Crippen LogP contribution >= 0.6 is 11.6 Å². The van der Waals surface area contributed by atoms with Gasteiger partial charge in [-0.1, -0.05) is 66.2 Å². The first-order valence-corrected chi connectivity index (χ1v) is 46.5. The van der Waals surface area contributed by atoms with Crippen molar-refractivity contribution in [1.82, 2.24) is 90.8 Å². The van der Waals surface area contributed by atoms with E-state index in [0.29, 0.717) is 104 Å². The minimum atomic E-state index is -0.210. The van der Waals surface area contributed by atoms with E-state index in [1.165, 1.54) is 32.8 Å². The van der Waals surface area contributed by atoms with Crippen LogP contribution in [0, 0.1) is 13.8 Å². The molecule has 704 valence electrons. The Morgan fingerprint density at radius 2 is 0.768 bits per heavy atom. The fourth-order valence-electron chi connectivity index (χ4n) is 18.0. The number of halogens is 1. The smallest absolute Gasteiger partial charge is 0.251 e. The van der Waals surface area contributed by atoms with Gasteiger partial charge in [-0.15, -0.1) is 0 Å². The van der Waals surface area contributed by atoms with Gasteiger partial charge in [0.1, 0.15) is 75.8 Å². The zero-order valence-electron chi connectivity index (χ0n) is 76.6. The van der Waals surface area contributed by atoms with Gasteiger partial charge >= 0.3 is 0 Å². The number of benzene rings is 8. The van der Waals surface area contributed by atoms with E-state index in [1.807, 2.05) is 112 Å². The lowest BCUT2D eigenvalue weighted by Crippen LogP contribution is -2.17. The number of anilines is 8. The third kappa shape index (κ3) is 19.8. The first kappa shape index (κ1) is 90.9. The van der Waals surface area contributed by atoms with Gasteiger partial charge in [-0.25, -0.2) is 0 Å². The number of phenols is 3. The van der Waals surface area contributed by atoms with Crippen LogP contribution in [0.15, 0.2) is 189 Å². The number of nitrogens with zero attached hydrogens (tertiary/aromatic N) is 10. The maximum Gasteiger partial charge on any atom is 0.251 e. The van der Waals surface area contributed by atoms with Crippen molar-refractivity contribution in [2.75, 3.05) is 49.6 Å². The summed E-state index contributed by atoms with van der Waals surface area (Å²) in [6.07, 6.45) is 28.9. The van der Waals surface area contributed by atoms with Crippen molar-refractivity contribution in [3.8, 4) is 96.8 Å². The van der Waals surface area contributed by atoms with Crippen molar-refractivity contribution in [1.29, 1.82) is 0 Å². The van der Waals surface area contributed by atoms with E-state index in [2.05, 4.69) is 83.3 Å². The second-order valence-corrected chi connectivity index (χ2v) is 34.9. The average molecular weight is 1880 g/mol. The highest BCUT2D eigenvalue weighted by atomic mass is 35.5. The fourth-order valence-corrected chi connectivity index (χ4v) is 18.2. The molecule has 35 heteroatoms. The van der Waals surface area contributed by atoms with Gasteiger partial charge in [-0.2, -0.15) is 50.1 Å². The Bertz CT molecular complexity index is 7310. The molecule has 10 aromatic heterocycles. The Hall–Kier alpha value is -16.2. The molecule has 0 unspecified atom stereocenters. The van der Waals surface area contributed by atoms with Gasteiger partial charge in [-0.3, -0.25) is 19.8 Å². The largest absolute Gasteiger partial charge is 0.508 e. The molecular weight excluding hydrogens is 1770 g/mol. The number of fused-ring (bicyclic) bond motifs is 6. The van der Waals surface area contributed by atoms with Gasteiger partial charge in [0, 0.05) is 94.4 Å². The number of aliphatic hydroxyl groups is 1. The molecule has 0 aliphatic heterocycles. The summed E-state index contributed by atoms with van der Waals surface area (Å²) in [7, 11) is 6.24. The standard InChI is InChI=1S/C27H29N5O4.C26H26ClN5O4.2C25H24N6O2/c1-28-25(34)18-11-12-21(22(13-18)35-2)30-27-31-24-23(26(32-27)36-19-5-3-4-6-19)20(14-29-24)17-9-7-16(15-33)8-10-17;1-28-24(34)15-7-9-19(21(12-15)35-2)30-26-31-23-22(25(32-26)36-16-5-3-4-6-16)17(13-29-23)14-8-10-20(33)18(27)11-14;1-14-10-21-16(12-27-31-21)11-20(14)28-25-29-23-22(24(30-25)33-18-4-2-3-5-18)19(13-26-23)15-6-8-17(32)9-7-15;1-14-18-13-27-31-21(18)11-10-20(14)28-25-29-23-22(24(30-25)33-17-4-2-3-5-17)19(12-26-23)15-6-8-16(32)9-7-15/h7-14,19,33H,3-6,15H2,1-2H3,(H,28,34)(H2,29,30,31,32);7-13,16,33H,3-6H2,1-2H3,(H,28,34)(H2,29,30,31,32);6-13,18,32H,2-5H2,1H3,(H,27,31)(H2,26,28,29,30);6-13,17,32H,2-5H2,1H3,(H,27,31)(H2,26,28,29,30). The van der Waals surface area contributed by atoms with E-state index >= 15 is 0 Å². The Morgan fingerprint density at radius 1 is 0.406 bits per heavy atom. The Balaban J connectivity index is 0.000000118. The van der Waals surface area contributed by atoms with Crippen molar-refractivity contribution in [2.24, 2.45) is 0 Å². The number of aliphatic hydroxyl groups excluding tert-OH is 1. The number of carbonyl (C=O) groups is 2. The number of aromatic hydroxyl groups is 3. The molecule has 8 aromatic carbocycles. The molecule has 4 fully saturated rings. The number of hydrogen-bond acceptors (Lipinski definition) is 26. The van der Waals surface area contributed by atoms with Gasteiger partial charge < -0.3 is 101 Å². The van der Waals surface area contributed by atoms with Crippen LogP contribution in [-0.2, 0) is 6.61 Å². The SMILES string of the molecule is CNC(=O)c1ccc(Nc2nc(OC3CCCC3)c3c(-c4ccc(CO)cc4)c[nH]c3n2)c(OC)c1.CNC(=O)c1ccc(Nc2nc(OC3CCCC3)c3c(-c4ccc(O)c(Cl)c4)c[nH]c3n2)c(OC)c1.Cc1c(Nc2nc(OC3CCCC3)c3c(-c4ccc(O)cc4)c[nH]c3n2)ccc2[nH]ncc12.Cc1cc2[nH]ncc2cc1Nc1nc(OC2CCCC2)c2c(-c3ccc(O)cc3)c[nH]c2n1. The van der Waals surface area contributed by atoms with Crippen LogP contribution in [0.1, 0.15) is 140 Å². The number of rotatable bonds is 25. The molecule has 22 rings (SSSR count). The minimum Gasteiger partial charge on any atom is -0.508 e. The molecule has 0 atom stereocenters. The molecule has 0 bridgehead atoms. The normalized spacial score (nSPS) is 14.0. The Morgan fingerprint density at radius 3 is 1.16 bits per heavy atom. The highest BCUT2D eigenvalue weighted by Gasteiger charge is 2.30. The van der Waals surface area contributed by atoms with Crippen LogP contribution < -0.4 is 60.3 Å². The number of ether oxygens (including phenoxy) is 6. The summed E-state index contributed by atoms with van der Waals surface area (Å²) in [5.74, 6) is 4.76. The highest BCUT2D eigenvalue weighted by Crippen LogP contribution is 2.45. The lowest BCUT2D eigenvalue weighted by atomic mass is 10.0. The van der Waals surface area contributed by atoms with Crippen LogP contribution in [0.4, 0.5) is 46.5 Å². The Kier molecular flexibility index (Phi) is 26.7. The number of aromatic amines is 6. The topological polar surface area (TPSA) is 466 Å². The lowest BCUT2D eigenvalue weighted by Gasteiger charge is -2.16. The van der Waals surface area contributed by atoms with E-state index in [1.54, 1.807) is 106 Å². The molecule has 0 saturated heterocycles. The van der Waals surface area contributed by atoms with E-state index < -0.39 is 0 Å². The molecule has 34 nitrogen and oxygen atoms in total. The van der Waals surface area contributed by atoms with Crippen LogP contribution in [0.5, 0.6) is 52.3 Å². The number of amides is 2. The van der Waals surface area contributed by atoms with E-state index in [9.17, 15) is 30.0 Å². The first-order chi connectivity index (χ1) is 67.3. The number of aromatic nitrogens is 16. The summed E-state index contributed by atoms with van der Waals surface area (Å²) in [5.41, 5.74) is 18.9. The molecule has 10 heterocycles. The highest BCUT2D eigenvalue weighted by molar-refractivity contribution is 6.32. The molecule has 0 radical (unpaired) electrons. The lowest BCUT2D eigenvalue weighted by molar-refractivity contribution is 0.0955.